The Hall–Kier alpha value is -2.43. The van der Waals surface area contributed by atoms with Crippen LogP contribution in [0.15, 0.2) is 65.4 Å². The van der Waals surface area contributed by atoms with E-state index in [1.807, 2.05) is 24.3 Å². The van der Waals surface area contributed by atoms with Crippen molar-refractivity contribution in [2.45, 2.75) is 32.4 Å². The predicted octanol–water partition coefficient (Wildman–Crippen LogP) is 4.84. The van der Waals surface area contributed by atoms with Gasteiger partial charge in [0.2, 0.25) is 0 Å². The number of nitrogens with zero attached hydrogens (tertiary/aromatic N) is 1. The van der Waals surface area contributed by atoms with Gasteiger partial charge in [-0.25, -0.2) is 0 Å². The highest BCUT2D eigenvalue weighted by molar-refractivity contribution is 7.07. The molecule has 0 bridgehead atoms. The van der Waals surface area contributed by atoms with Gasteiger partial charge in [-0.3, -0.25) is 9.69 Å². The van der Waals surface area contributed by atoms with Gasteiger partial charge in [0.1, 0.15) is 0 Å². The standard InChI is InChI=1S/C24H26N2OS/c1-2-18-7-9-20(10-8-18)24(27)25-15-23(22-12-14-28-17-22)26-13-11-19-5-3-4-6-21(19)16-26/h3-10,12,14,17,23H,2,11,13,15-16H2,1H3,(H,25,27). The number of benzene rings is 2. The minimum Gasteiger partial charge on any atom is -0.350 e. The van der Waals surface area contributed by atoms with Crippen LogP contribution < -0.4 is 5.32 Å². The summed E-state index contributed by atoms with van der Waals surface area (Å²) in [4.78, 5) is 15.2. The van der Waals surface area contributed by atoms with E-state index < -0.39 is 0 Å². The zero-order valence-corrected chi connectivity index (χ0v) is 17.0. The van der Waals surface area contributed by atoms with Crippen LogP contribution in [0, 0.1) is 0 Å². The van der Waals surface area contributed by atoms with Gasteiger partial charge in [-0.2, -0.15) is 11.3 Å². The molecule has 1 atom stereocenters. The van der Waals surface area contributed by atoms with E-state index in [0.717, 1.165) is 31.5 Å². The van der Waals surface area contributed by atoms with Crippen molar-refractivity contribution in [3.8, 4) is 0 Å². The molecule has 4 heteroatoms. The number of carbonyl (C=O) groups is 1. The molecule has 0 saturated carbocycles. The van der Waals surface area contributed by atoms with Gasteiger partial charge in [-0.1, -0.05) is 43.3 Å². The Bertz CT molecular complexity index is 918. The van der Waals surface area contributed by atoms with Gasteiger partial charge in [0.25, 0.3) is 5.91 Å². The molecule has 1 aromatic heterocycles. The molecule has 144 valence electrons. The van der Waals surface area contributed by atoms with Crippen molar-refractivity contribution in [2.75, 3.05) is 13.1 Å². The van der Waals surface area contributed by atoms with Crippen molar-refractivity contribution in [1.82, 2.24) is 10.2 Å². The van der Waals surface area contributed by atoms with Gasteiger partial charge in [-0.05, 0) is 64.1 Å². The largest absolute Gasteiger partial charge is 0.350 e. The molecule has 0 saturated heterocycles. The van der Waals surface area contributed by atoms with Gasteiger partial charge in [0.15, 0.2) is 0 Å². The van der Waals surface area contributed by atoms with E-state index >= 15 is 0 Å². The monoisotopic (exact) mass is 390 g/mol. The lowest BCUT2D eigenvalue weighted by Crippen LogP contribution is -2.40. The van der Waals surface area contributed by atoms with Gasteiger partial charge in [0, 0.05) is 25.2 Å². The van der Waals surface area contributed by atoms with E-state index in [-0.39, 0.29) is 11.9 Å². The van der Waals surface area contributed by atoms with Gasteiger partial charge in [-0.15, -0.1) is 0 Å². The van der Waals surface area contributed by atoms with Crippen molar-refractivity contribution >= 4 is 17.2 Å². The van der Waals surface area contributed by atoms with Crippen molar-refractivity contribution in [3.63, 3.8) is 0 Å². The minimum absolute atomic E-state index is 0.000271. The van der Waals surface area contributed by atoms with Crippen molar-refractivity contribution < 1.29 is 4.79 Å². The van der Waals surface area contributed by atoms with Crippen LogP contribution in [-0.2, 0) is 19.4 Å². The van der Waals surface area contributed by atoms with Crippen molar-refractivity contribution in [2.24, 2.45) is 0 Å². The van der Waals surface area contributed by atoms with Crippen LogP contribution in [0.1, 0.15) is 45.6 Å². The molecule has 1 aliphatic rings. The van der Waals surface area contributed by atoms with Crippen LogP contribution in [-0.4, -0.2) is 23.9 Å². The number of hydrogen-bond donors (Lipinski definition) is 1. The van der Waals surface area contributed by atoms with E-state index in [0.29, 0.717) is 6.54 Å². The fraction of sp³-hybridized carbons (Fsp3) is 0.292. The Morgan fingerprint density at radius 2 is 1.89 bits per heavy atom. The number of carbonyl (C=O) groups excluding carboxylic acids is 1. The number of aryl methyl sites for hydroxylation is 1. The number of thiophene rings is 1. The third kappa shape index (κ3) is 4.18. The third-order valence-corrected chi connectivity index (χ3v) is 6.31. The Labute approximate surface area is 171 Å². The number of rotatable bonds is 6. The fourth-order valence-electron chi connectivity index (χ4n) is 3.89. The van der Waals surface area contributed by atoms with Crippen LogP contribution in [0.4, 0.5) is 0 Å². The lowest BCUT2D eigenvalue weighted by molar-refractivity contribution is 0.0928. The third-order valence-electron chi connectivity index (χ3n) is 5.61. The Morgan fingerprint density at radius 1 is 1.11 bits per heavy atom. The second-order valence-electron chi connectivity index (χ2n) is 7.32. The molecule has 0 fully saturated rings. The maximum absolute atomic E-state index is 12.7. The average molecular weight is 391 g/mol. The summed E-state index contributed by atoms with van der Waals surface area (Å²) in [5.41, 5.74) is 6.11. The molecule has 2 aromatic carbocycles. The Morgan fingerprint density at radius 3 is 2.61 bits per heavy atom. The van der Waals surface area contributed by atoms with Gasteiger partial charge >= 0.3 is 0 Å². The average Bonchev–Trinajstić information content (AvgIpc) is 3.28. The quantitative estimate of drug-likeness (QED) is 0.653. The first-order valence-corrected chi connectivity index (χ1v) is 10.9. The van der Waals surface area contributed by atoms with E-state index in [1.54, 1.807) is 11.3 Å². The Kier molecular flexibility index (Phi) is 5.89. The first-order valence-electron chi connectivity index (χ1n) is 9.94. The lowest BCUT2D eigenvalue weighted by Gasteiger charge is -2.35. The van der Waals surface area contributed by atoms with Crippen LogP contribution in [0.2, 0.25) is 0 Å². The van der Waals surface area contributed by atoms with E-state index in [4.69, 9.17) is 0 Å². The molecule has 4 rings (SSSR count). The summed E-state index contributed by atoms with van der Waals surface area (Å²) in [5.74, 6) is 0.000271. The zero-order chi connectivity index (χ0) is 19.3. The molecule has 1 aliphatic heterocycles. The highest BCUT2D eigenvalue weighted by Gasteiger charge is 2.25. The summed E-state index contributed by atoms with van der Waals surface area (Å²) < 4.78 is 0. The highest BCUT2D eigenvalue weighted by Crippen LogP contribution is 2.28. The second-order valence-corrected chi connectivity index (χ2v) is 8.10. The molecule has 1 unspecified atom stereocenters. The molecular weight excluding hydrogens is 364 g/mol. The number of hydrogen-bond acceptors (Lipinski definition) is 3. The molecule has 2 heterocycles. The fourth-order valence-corrected chi connectivity index (χ4v) is 4.60. The number of fused-ring (bicyclic) bond motifs is 1. The molecule has 0 radical (unpaired) electrons. The molecule has 3 nitrogen and oxygen atoms in total. The van der Waals surface area contributed by atoms with Crippen LogP contribution in [0.25, 0.3) is 0 Å². The van der Waals surface area contributed by atoms with Crippen LogP contribution in [0.5, 0.6) is 0 Å². The zero-order valence-electron chi connectivity index (χ0n) is 16.2. The molecule has 28 heavy (non-hydrogen) atoms. The molecule has 0 aliphatic carbocycles. The first kappa shape index (κ1) is 18.9. The smallest absolute Gasteiger partial charge is 0.251 e. The summed E-state index contributed by atoms with van der Waals surface area (Å²) in [5, 5.41) is 7.49. The maximum atomic E-state index is 12.7. The van der Waals surface area contributed by atoms with Gasteiger partial charge in [0.05, 0.1) is 6.04 Å². The lowest BCUT2D eigenvalue weighted by atomic mass is 9.97. The topological polar surface area (TPSA) is 32.3 Å². The van der Waals surface area contributed by atoms with Crippen molar-refractivity contribution in [1.29, 1.82) is 0 Å². The first-order chi connectivity index (χ1) is 13.7. The second kappa shape index (κ2) is 8.72. The van der Waals surface area contributed by atoms with Gasteiger partial charge < -0.3 is 5.32 Å². The predicted molar refractivity (Wildman–Crippen MR) is 116 cm³/mol. The van der Waals surface area contributed by atoms with E-state index in [2.05, 4.69) is 58.2 Å². The maximum Gasteiger partial charge on any atom is 0.251 e. The molecule has 0 spiro atoms. The van der Waals surface area contributed by atoms with E-state index in [1.165, 1.54) is 22.3 Å². The van der Waals surface area contributed by atoms with Crippen LogP contribution in [0.3, 0.4) is 0 Å². The number of nitrogens with one attached hydrogen (secondary N) is 1. The Balaban J connectivity index is 1.47. The van der Waals surface area contributed by atoms with Crippen LogP contribution >= 0.6 is 11.3 Å². The highest BCUT2D eigenvalue weighted by atomic mass is 32.1. The summed E-state index contributed by atoms with van der Waals surface area (Å²) in [6.45, 7) is 4.68. The summed E-state index contributed by atoms with van der Waals surface area (Å²) in [6.07, 6.45) is 2.04. The van der Waals surface area contributed by atoms with E-state index in [9.17, 15) is 4.79 Å². The minimum atomic E-state index is 0.000271. The molecule has 1 amide bonds. The van der Waals surface area contributed by atoms with Crippen molar-refractivity contribution in [3.05, 3.63) is 93.2 Å². The summed E-state index contributed by atoms with van der Waals surface area (Å²) >= 11 is 1.71. The molecule has 3 aromatic rings. The number of amides is 1. The summed E-state index contributed by atoms with van der Waals surface area (Å²) in [6, 6.07) is 19.0. The summed E-state index contributed by atoms with van der Waals surface area (Å²) in [7, 11) is 0. The normalized spacial score (nSPS) is 15.0. The molecule has 1 N–H and O–H groups in total. The molecular formula is C24H26N2OS. The SMILES string of the molecule is CCc1ccc(C(=O)NCC(c2ccsc2)N2CCc3ccccc3C2)cc1.